The van der Waals surface area contributed by atoms with E-state index in [0.717, 1.165) is 12.8 Å². The molecule has 1 heterocycles. The summed E-state index contributed by atoms with van der Waals surface area (Å²) in [6.45, 7) is 2.25. The van der Waals surface area contributed by atoms with Crippen molar-refractivity contribution in [3.8, 4) is 0 Å². The molecule has 2 N–H and O–H groups in total. The van der Waals surface area contributed by atoms with Crippen molar-refractivity contribution >= 4 is 40.5 Å². The van der Waals surface area contributed by atoms with Gasteiger partial charge in [0.15, 0.2) is 5.11 Å². The van der Waals surface area contributed by atoms with Gasteiger partial charge in [-0.25, -0.2) is 4.98 Å². The lowest BCUT2D eigenvalue weighted by Gasteiger charge is -2.09. The van der Waals surface area contributed by atoms with Crippen molar-refractivity contribution in [3.05, 3.63) is 23.5 Å². The molecule has 4 nitrogen and oxygen atoms in total. The molecule has 6 heteroatoms. The number of halogens is 1. The van der Waals surface area contributed by atoms with Crippen LogP contribution in [0.2, 0.25) is 5.15 Å². The zero-order valence-electron chi connectivity index (χ0n) is 15.9. The third kappa shape index (κ3) is 12.2. The van der Waals surface area contributed by atoms with Gasteiger partial charge in [-0.3, -0.25) is 4.79 Å². The monoisotopic (exact) mass is 397 g/mol. The molecule has 0 unspecified atom stereocenters. The van der Waals surface area contributed by atoms with Crippen LogP contribution in [0.15, 0.2) is 18.3 Å². The lowest BCUT2D eigenvalue weighted by atomic mass is 10.1. The summed E-state index contributed by atoms with van der Waals surface area (Å²) in [5.41, 5.74) is 0.703. The number of pyridine rings is 1. The Morgan fingerprint density at radius 3 is 2.12 bits per heavy atom. The van der Waals surface area contributed by atoms with Gasteiger partial charge in [0.25, 0.3) is 0 Å². The van der Waals surface area contributed by atoms with Crippen LogP contribution in [0.1, 0.15) is 84.0 Å². The summed E-state index contributed by atoms with van der Waals surface area (Å²) in [6.07, 6.45) is 16.1. The Bertz CT molecular complexity index is 522. The van der Waals surface area contributed by atoms with Crippen molar-refractivity contribution in [1.29, 1.82) is 0 Å². The van der Waals surface area contributed by atoms with Crippen molar-refractivity contribution in [1.82, 2.24) is 10.3 Å². The van der Waals surface area contributed by atoms with Crippen LogP contribution >= 0.6 is 23.8 Å². The number of unbranched alkanes of at least 4 members (excludes halogenated alkanes) is 10. The van der Waals surface area contributed by atoms with E-state index in [-0.39, 0.29) is 5.91 Å². The van der Waals surface area contributed by atoms with Crippen LogP contribution in [0.4, 0.5) is 5.69 Å². The van der Waals surface area contributed by atoms with Crippen molar-refractivity contribution in [3.63, 3.8) is 0 Å². The van der Waals surface area contributed by atoms with Gasteiger partial charge in [0.1, 0.15) is 5.15 Å². The number of aromatic nitrogens is 1. The number of rotatable bonds is 13. The van der Waals surface area contributed by atoms with Crippen LogP contribution < -0.4 is 10.6 Å². The maximum Gasteiger partial charge on any atom is 0.226 e. The number of hydrogen-bond donors (Lipinski definition) is 2. The Kier molecular flexibility index (Phi) is 13.1. The van der Waals surface area contributed by atoms with Crippen LogP contribution in [0.5, 0.6) is 0 Å². The highest BCUT2D eigenvalue weighted by Crippen LogP contribution is 2.12. The molecule has 1 aromatic rings. The highest BCUT2D eigenvalue weighted by atomic mass is 35.5. The normalized spacial score (nSPS) is 10.5. The molecule has 0 aromatic carbocycles. The maximum atomic E-state index is 11.9. The second-order valence-corrected chi connectivity index (χ2v) is 7.45. The third-order valence-corrected chi connectivity index (χ3v) is 4.67. The fourth-order valence-electron chi connectivity index (χ4n) is 2.75. The zero-order valence-corrected chi connectivity index (χ0v) is 17.4. The van der Waals surface area contributed by atoms with E-state index in [1.165, 1.54) is 57.8 Å². The molecule has 0 aliphatic rings. The Balaban J connectivity index is 1.96. The molecule has 1 amide bonds. The number of amides is 1. The number of anilines is 1. The molecule has 0 radical (unpaired) electrons. The first-order valence-electron chi connectivity index (χ1n) is 9.84. The van der Waals surface area contributed by atoms with Crippen LogP contribution in [0, 0.1) is 0 Å². The molecule has 146 valence electrons. The Morgan fingerprint density at radius 1 is 1.00 bits per heavy atom. The number of thiocarbonyl (C=S) groups is 1. The van der Waals surface area contributed by atoms with Crippen molar-refractivity contribution in [2.24, 2.45) is 0 Å². The first-order chi connectivity index (χ1) is 12.6. The van der Waals surface area contributed by atoms with E-state index >= 15 is 0 Å². The van der Waals surface area contributed by atoms with E-state index in [0.29, 0.717) is 22.4 Å². The summed E-state index contributed by atoms with van der Waals surface area (Å²) in [4.78, 5) is 15.8. The molecule has 1 rings (SSSR count). The van der Waals surface area contributed by atoms with Gasteiger partial charge in [0.05, 0.1) is 11.9 Å². The molecule has 0 saturated carbocycles. The van der Waals surface area contributed by atoms with Crippen LogP contribution in [-0.4, -0.2) is 16.0 Å². The highest BCUT2D eigenvalue weighted by Gasteiger charge is 2.05. The molecule has 0 aliphatic carbocycles. The SMILES string of the molecule is CCCCCCCCCCCCCC(=O)NC(=S)Nc1ccc(Cl)nc1. The van der Waals surface area contributed by atoms with Gasteiger partial charge in [-0.2, -0.15) is 0 Å². The zero-order chi connectivity index (χ0) is 19.0. The highest BCUT2D eigenvalue weighted by molar-refractivity contribution is 7.80. The molecular formula is C20H32ClN3OS. The van der Waals surface area contributed by atoms with Crippen LogP contribution in [0.25, 0.3) is 0 Å². The molecule has 1 aromatic heterocycles. The van der Waals surface area contributed by atoms with Gasteiger partial charge in [-0.15, -0.1) is 0 Å². The van der Waals surface area contributed by atoms with Gasteiger partial charge < -0.3 is 10.6 Å². The quantitative estimate of drug-likeness (QED) is 0.234. The average molecular weight is 398 g/mol. The summed E-state index contributed by atoms with van der Waals surface area (Å²) < 4.78 is 0. The molecule has 26 heavy (non-hydrogen) atoms. The number of nitrogens with one attached hydrogen (secondary N) is 2. The predicted molar refractivity (Wildman–Crippen MR) is 115 cm³/mol. The van der Waals surface area contributed by atoms with E-state index in [1.807, 2.05) is 0 Å². The molecule has 0 aliphatic heterocycles. The smallest absolute Gasteiger partial charge is 0.226 e. The second-order valence-electron chi connectivity index (χ2n) is 6.66. The van der Waals surface area contributed by atoms with Crippen LogP contribution in [0.3, 0.4) is 0 Å². The van der Waals surface area contributed by atoms with E-state index in [2.05, 4.69) is 22.5 Å². The minimum atomic E-state index is -0.0413. The fourth-order valence-corrected chi connectivity index (χ4v) is 3.09. The van der Waals surface area contributed by atoms with Crippen LogP contribution in [-0.2, 0) is 4.79 Å². The number of nitrogens with zero attached hydrogens (tertiary/aromatic N) is 1. The van der Waals surface area contributed by atoms with E-state index in [4.69, 9.17) is 23.8 Å². The van der Waals surface area contributed by atoms with E-state index in [9.17, 15) is 4.79 Å². The first-order valence-corrected chi connectivity index (χ1v) is 10.6. The predicted octanol–water partition coefficient (Wildman–Crippen LogP) is 6.25. The summed E-state index contributed by atoms with van der Waals surface area (Å²) in [7, 11) is 0. The summed E-state index contributed by atoms with van der Waals surface area (Å²) in [5.74, 6) is -0.0413. The Morgan fingerprint density at radius 2 is 1.58 bits per heavy atom. The minimum Gasteiger partial charge on any atom is -0.331 e. The van der Waals surface area contributed by atoms with Gasteiger partial charge >= 0.3 is 0 Å². The molecule has 0 saturated heterocycles. The molecule has 0 bridgehead atoms. The lowest BCUT2D eigenvalue weighted by molar-refractivity contribution is -0.119. The number of hydrogen-bond acceptors (Lipinski definition) is 3. The topological polar surface area (TPSA) is 54.0 Å². The summed E-state index contributed by atoms with van der Waals surface area (Å²) in [5, 5.41) is 6.33. The Hall–Kier alpha value is -1.20. The molecule has 0 fully saturated rings. The summed E-state index contributed by atoms with van der Waals surface area (Å²) >= 11 is 10.9. The van der Waals surface area contributed by atoms with Gasteiger partial charge in [0.2, 0.25) is 5.91 Å². The third-order valence-electron chi connectivity index (χ3n) is 4.25. The average Bonchev–Trinajstić information content (AvgIpc) is 2.61. The van der Waals surface area contributed by atoms with Gasteiger partial charge in [0, 0.05) is 6.42 Å². The number of carbonyl (C=O) groups excluding carboxylic acids is 1. The maximum absolute atomic E-state index is 11.9. The fraction of sp³-hybridized carbons (Fsp3) is 0.650. The van der Waals surface area contributed by atoms with E-state index < -0.39 is 0 Å². The second kappa shape index (κ2) is 14.9. The molecule has 0 spiro atoms. The largest absolute Gasteiger partial charge is 0.331 e. The van der Waals surface area contributed by atoms with Crippen molar-refractivity contribution < 1.29 is 4.79 Å². The molecule has 0 atom stereocenters. The van der Waals surface area contributed by atoms with Gasteiger partial charge in [-0.1, -0.05) is 82.7 Å². The number of carbonyl (C=O) groups is 1. The van der Waals surface area contributed by atoms with Crippen molar-refractivity contribution in [2.75, 3.05) is 5.32 Å². The molecular weight excluding hydrogens is 366 g/mol. The summed E-state index contributed by atoms with van der Waals surface area (Å²) in [6, 6.07) is 3.43. The Labute approximate surface area is 168 Å². The standard InChI is InChI=1S/C20H32ClN3OS/c1-2-3-4-5-6-7-8-9-10-11-12-13-19(25)24-20(26)23-17-14-15-18(21)22-16-17/h14-16H,2-13H2,1H3,(H2,23,24,25,26). The van der Waals surface area contributed by atoms with Gasteiger partial charge in [-0.05, 0) is 30.8 Å². The van der Waals surface area contributed by atoms with Crippen molar-refractivity contribution in [2.45, 2.75) is 84.0 Å². The first kappa shape index (κ1) is 22.8. The lowest BCUT2D eigenvalue weighted by Crippen LogP contribution is -2.33. The van der Waals surface area contributed by atoms with E-state index in [1.54, 1.807) is 18.3 Å². The minimum absolute atomic E-state index is 0.0413.